The van der Waals surface area contributed by atoms with Gasteiger partial charge in [-0.2, -0.15) is 0 Å². The summed E-state index contributed by atoms with van der Waals surface area (Å²) in [6.07, 6.45) is -0.919. The lowest BCUT2D eigenvalue weighted by molar-refractivity contribution is 0.180. The van der Waals surface area contributed by atoms with Gasteiger partial charge in [0.25, 0.3) is 0 Å². The van der Waals surface area contributed by atoms with E-state index >= 15 is 0 Å². The van der Waals surface area contributed by atoms with Crippen LogP contribution in [0, 0.1) is 0 Å². The molecule has 0 aliphatic heterocycles. The maximum atomic E-state index is 9.82. The highest BCUT2D eigenvalue weighted by Gasteiger charge is 2.23. The number of hydrogen-bond donors (Lipinski definition) is 2. The second-order valence-electron chi connectivity index (χ2n) is 3.29. The lowest BCUT2D eigenvalue weighted by Gasteiger charge is -2.19. The van der Waals surface area contributed by atoms with E-state index in [1.807, 2.05) is 0 Å². The molecule has 1 unspecified atom stereocenters. The van der Waals surface area contributed by atoms with E-state index in [0.29, 0.717) is 27.8 Å². The molecule has 0 saturated heterocycles. The number of rotatable bonds is 5. The van der Waals surface area contributed by atoms with Gasteiger partial charge in [-0.1, -0.05) is 11.6 Å². The van der Waals surface area contributed by atoms with Crippen LogP contribution in [0.15, 0.2) is 6.07 Å². The molecule has 1 rings (SSSR count). The van der Waals surface area contributed by atoms with Crippen molar-refractivity contribution in [2.45, 2.75) is 6.10 Å². The van der Waals surface area contributed by atoms with Crippen molar-refractivity contribution in [1.29, 1.82) is 0 Å². The fraction of sp³-hybridized carbons (Fsp3) is 0.455. The van der Waals surface area contributed by atoms with Gasteiger partial charge in [-0.3, -0.25) is 0 Å². The quantitative estimate of drug-likeness (QED) is 0.837. The number of benzene rings is 1. The zero-order valence-corrected chi connectivity index (χ0v) is 10.7. The fourth-order valence-corrected chi connectivity index (χ4v) is 1.89. The summed E-state index contributed by atoms with van der Waals surface area (Å²) in [7, 11) is 4.43. The van der Waals surface area contributed by atoms with Gasteiger partial charge in [0.05, 0.1) is 32.5 Å². The molecule has 0 saturated carbocycles. The van der Waals surface area contributed by atoms with Crippen molar-refractivity contribution in [3.05, 3.63) is 16.7 Å². The van der Waals surface area contributed by atoms with Crippen molar-refractivity contribution in [1.82, 2.24) is 0 Å². The van der Waals surface area contributed by atoms with Crippen molar-refractivity contribution in [3.8, 4) is 17.2 Å². The lowest BCUT2D eigenvalue weighted by atomic mass is 10.1. The van der Waals surface area contributed by atoms with Gasteiger partial charge in [-0.15, -0.1) is 0 Å². The molecule has 6 heteroatoms. The van der Waals surface area contributed by atoms with E-state index in [0.717, 1.165) is 0 Å². The summed E-state index contributed by atoms with van der Waals surface area (Å²) < 4.78 is 15.5. The number of aliphatic hydroxyl groups excluding tert-OH is 1. The Balaban J connectivity index is 3.48. The largest absolute Gasteiger partial charge is 0.493 e. The first-order valence-corrected chi connectivity index (χ1v) is 5.34. The Morgan fingerprint density at radius 2 is 1.82 bits per heavy atom. The van der Waals surface area contributed by atoms with Crippen molar-refractivity contribution in [2.75, 3.05) is 27.9 Å². The predicted octanol–water partition coefficient (Wildman–Crippen LogP) is 1.36. The highest BCUT2D eigenvalue weighted by atomic mass is 35.5. The first-order chi connectivity index (χ1) is 8.10. The molecule has 0 aliphatic carbocycles. The molecule has 17 heavy (non-hydrogen) atoms. The monoisotopic (exact) mass is 261 g/mol. The molecule has 0 radical (unpaired) electrons. The summed E-state index contributed by atoms with van der Waals surface area (Å²) in [4.78, 5) is 0. The molecule has 1 aromatic carbocycles. The lowest BCUT2D eigenvalue weighted by Crippen LogP contribution is -2.14. The van der Waals surface area contributed by atoms with Gasteiger partial charge >= 0.3 is 0 Å². The van der Waals surface area contributed by atoms with E-state index in [9.17, 15) is 5.11 Å². The molecule has 0 aromatic heterocycles. The number of nitrogens with two attached hydrogens (primary N) is 1. The van der Waals surface area contributed by atoms with E-state index in [1.165, 1.54) is 21.3 Å². The van der Waals surface area contributed by atoms with Crippen LogP contribution in [0.25, 0.3) is 0 Å². The van der Waals surface area contributed by atoms with Crippen LogP contribution in [0.1, 0.15) is 11.7 Å². The van der Waals surface area contributed by atoms with E-state index in [2.05, 4.69) is 0 Å². The Bertz CT molecular complexity index is 398. The summed E-state index contributed by atoms with van der Waals surface area (Å²) in [5, 5.41) is 10.1. The molecule has 0 amide bonds. The smallest absolute Gasteiger partial charge is 0.203 e. The maximum absolute atomic E-state index is 9.82. The van der Waals surface area contributed by atoms with Crippen LogP contribution in [0.3, 0.4) is 0 Å². The Morgan fingerprint density at radius 3 is 2.24 bits per heavy atom. The standard InChI is InChI=1S/C11H16ClNO4/c1-15-8-4-6(12)9(7(14)5-13)11(17-3)10(8)16-2/h4,7,14H,5,13H2,1-3H3. The minimum Gasteiger partial charge on any atom is -0.493 e. The minimum absolute atomic E-state index is 0.0333. The predicted molar refractivity (Wildman–Crippen MR) is 65.1 cm³/mol. The maximum Gasteiger partial charge on any atom is 0.203 e. The fourth-order valence-electron chi connectivity index (χ4n) is 1.58. The van der Waals surface area contributed by atoms with Crippen LogP contribution in [0.5, 0.6) is 17.2 Å². The highest BCUT2D eigenvalue weighted by Crippen LogP contribution is 2.45. The van der Waals surface area contributed by atoms with Crippen LogP contribution in [0.2, 0.25) is 5.02 Å². The zero-order valence-electron chi connectivity index (χ0n) is 9.99. The second kappa shape index (κ2) is 5.95. The van der Waals surface area contributed by atoms with Gasteiger partial charge < -0.3 is 25.1 Å². The van der Waals surface area contributed by atoms with Gasteiger partial charge in [-0.05, 0) is 0 Å². The highest BCUT2D eigenvalue weighted by molar-refractivity contribution is 6.32. The van der Waals surface area contributed by atoms with Gasteiger partial charge in [0.2, 0.25) is 5.75 Å². The Kier molecular flexibility index (Phi) is 4.86. The number of hydrogen-bond acceptors (Lipinski definition) is 5. The number of aliphatic hydroxyl groups is 1. The summed E-state index contributed by atoms with van der Waals surface area (Å²) in [6.45, 7) is 0.0333. The van der Waals surface area contributed by atoms with Crippen LogP contribution in [-0.2, 0) is 0 Å². The minimum atomic E-state index is -0.919. The van der Waals surface area contributed by atoms with Crippen LogP contribution < -0.4 is 19.9 Å². The molecule has 1 atom stereocenters. The van der Waals surface area contributed by atoms with Crippen LogP contribution in [0.4, 0.5) is 0 Å². The van der Waals surface area contributed by atoms with Crippen molar-refractivity contribution >= 4 is 11.6 Å². The molecule has 0 heterocycles. The van der Waals surface area contributed by atoms with Crippen molar-refractivity contribution < 1.29 is 19.3 Å². The van der Waals surface area contributed by atoms with Crippen molar-refractivity contribution in [3.63, 3.8) is 0 Å². The van der Waals surface area contributed by atoms with E-state index < -0.39 is 6.10 Å². The summed E-state index contributed by atoms with van der Waals surface area (Å²) in [6, 6.07) is 1.55. The zero-order chi connectivity index (χ0) is 13.0. The van der Waals surface area contributed by atoms with Gasteiger partial charge in [0.1, 0.15) is 0 Å². The third kappa shape index (κ3) is 2.57. The first-order valence-electron chi connectivity index (χ1n) is 4.97. The third-order valence-corrected chi connectivity index (χ3v) is 2.69. The summed E-state index contributed by atoms with van der Waals surface area (Å²) in [5.74, 6) is 1.14. The molecule has 0 aliphatic rings. The Hall–Kier alpha value is -1.17. The van der Waals surface area contributed by atoms with Gasteiger partial charge in [-0.25, -0.2) is 0 Å². The average molecular weight is 262 g/mol. The number of methoxy groups -OCH3 is 3. The van der Waals surface area contributed by atoms with Gasteiger partial charge in [0.15, 0.2) is 11.5 Å². The molecule has 96 valence electrons. The molecule has 0 fully saturated rings. The number of halogens is 1. The molecule has 0 bridgehead atoms. The summed E-state index contributed by atoms with van der Waals surface area (Å²) in [5.41, 5.74) is 5.82. The Morgan fingerprint density at radius 1 is 1.24 bits per heavy atom. The normalized spacial score (nSPS) is 12.1. The van der Waals surface area contributed by atoms with E-state index in [1.54, 1.807) is 6.07 Å². The molecular weight excluding hydrogens is 246 g/mol. The first kappa shape index (κ1) is 13.9. The topological polar surface area (TPSA) is 73.9 Å². The molecule has 1 aromatic rings. The van der Waals surface area contributed by atoms with Crippen LogP contribution >= 0.6 is 11.6 Å². The molecule has 0 spiro atoms. The molecule has 5 nitrogen and oxygen atoms in total. The van der Waals surface area contributed by atoms with Crippen LogP contribution in [-0.4, -0.2) is 33.0 Å². The summed E-state index contributed by atoms with van der Waals surface area (Å²) >= 11 is 6.06. The Labute approximate surface area is 105 Å². The van der Waals surface area contributed by atoms with Crippen molar-refractivity contribution in [2.24, 2.45) is 5.73 Å². The van der Waals surface area contributed by atoms with E-state index in [4.69, 9.17) is 31.5 Å². The molecular formula is C11H16ClNO4. The molecule has 3 N–H and O–H groups in total. The number of ether oxygens (including phenoxy) is 3. The average Bonchev–Trinajstić information content (AvgIpc) is 2.36. The van der Waals surface area contributed by atoms with E-state index in [-0.39, 0.29) is 6.54 Å². The third-order valence-electron chi connectivity index (χ3n) is 2.37. The SMILES string of the molecule is COc1cc(Cl)c(C(O)CN)c(OC)c1OC. The second-order valence-corrected chi connectivity index (χ2v) is 3.70. The van der Waals surface area contributed by atoms with Gasteiger partial charge in [0, 0.05) is 18.2 Å².